The van der Waals surface area contributed by atoms with Gasteiger partial charge < -0.3 is 10.2 Å². The molecule has 1 saturated carbocycles. The van der Waals surface area contributed by atoms with Crippen molar-refractivity contribution in [1.82, 2.24) is 10.2 Å². The maximum atomic E-state index is 12.3. The van der Waals surface area contributed by atoms with E-state index in [0.29, 0.717) is 5.91 Å². The Hall–Kier alpha value is -0.570. The van der Waals surface area contributed by atoms with E-state index in [2.05, 4.69) is 5.32 Å². The van der Waals surface area contributed by atoms with E-state index in [4.69, 9.17) is 0 Å². The first-order valence-corrected chi connectivity index (χ1v) is 7.23. The summed E-state index contributed by atoms with van der Waals surface area (Å²) < 4.78 is 0. The highest BCUT2D eigenvalue weighted by Crippen LogP contribution is 2.25. The normalized spacial score (nSPS) is 23.6. The molecule has 1 amide bonds. The molecular weight excluding hydrogens is 212 g/mol. The van der Waals surface area contributed by atoms with Gasteiger partial charge in [-0.2, -0.15) is 0 Å². The Morgan fingerprint density at radius 3 is 2.41 bits per heavy atom. The van der Waals surface area contributed by atoms with E-state index < -0.39 is 0 Å². The van der Waals surface area contributed by atoms with Crippen LogP contribution in [0.1, 0.15) is 44.9 Å². The van der Waals surface area contributed by atoms with Gasteiger partial charge in [0.2, 0.25) is 5.91 Å². The van der Waals surface area contributed by atoms with Crippen LogP contribution in [0.25, 0.3) is 0 Å². The highest BCUT2D eigenvalue weighted by atomic mass is 16.2. The van der Waals surface area contributed by atoms with E-state index in [1.165, 1.54) is 32.1 Å². The summed E-state index contributed by atoms with van der Waals surface area (Å²) in [6.07, 6.45) is 8.80. The summed E-state index contributed by atoms with van der Waals surface area (Å²) in [5.74, 6) is 1.43. The number of amides is 1. The molecule has 3 nitrogen and oxygen atoms in total. The zero-order chi connectivity index (χ0) is 12.1. The van der Waals surface area contributed by atoms with Gasteiger partial charge in [0.15, 0.2) is 0 Å². The van der Waals surface area contributed by atoms with Gasteiger partial charge in [0.1, 0.15) is 0 Å². The number of nitrogens with one attached hydrogen (secondary N) is 1. The molecule has 0 aromatic rings. The highest BCUT2D eigenvalue weighted by molar-refractivity contribution is 5.78. The summed E-state index contributed by atoms with van der Waals surface area (Å²) in [4.78, 5) is 14.3. The van der Waals surface area contributed by atoms with Crippen molar-refractivity contribution < 1.29 is 4.79 Å². The molecule has 0 atom stereocenters. The lowest BCUT2D eigenvalue weighted by Gasteiger charge is -2.31. The van der Waals surface area contributed by atoms with Crippen LogP contribution in [0, 0.1) is 11.8 Å². The van der Waals surface area contributed by atoms with Crippen LogP contribution in [0.5, 0.6) is 0 Å². The first-order chi connectivity index (χ1) is 8.27. The zero-order valence-corrected chi connectivity index (χ0v) is 11.1. The molecule has 1 N–H and O–H groups in total. The molecule has 0 bridgehead atoms. The highest BCUT2D eigenvalue weighted by Gasteiger charge is 2.25. The number of carbonyl (C=O) groups is 1. The molecule has 0 unspecified atom stereocenters. The Morgan fingerprint density at radius 1 is 1.12 bits per heavy atom. The van der Waals surface area contributed by atoms with Gasteiger partial charge in [-0.25, -0.2) is 0 Å². The third-order valence-electron chi connectivity index (χ3n) is 4.32. The first-order valence-electron chi connectivity index (χ1n) is 7.23. The van der Waals surface area contributed by atoms with Crippen molar-refractivity contribution in [1.29, 1.82) is 0 Å². The zero-order valence-electron chi connectivity index (χ0n) is 11.1. The van der Waals surface area contributed by atoms with Crippen molar-refractivity contribution in [2.24, 2.45) is 11.8 Å². The molecule has 1 aliphatic heterocycles. The standard InChI is InChI=1S/C14H26N2O/c1-16(11-12-5-3-2-4-6-12)14(17)13-7-9-15-10-8-13/h12-13,15H,2-11H2,1H3. The Labute approximate surface area is 105 Å². The Kier molecular flexibility index (Phi) is 4.84. The van der Waals surface area contributed by atoms with Crippen LogP contribution in [0.4, 0.5) is 0 Å². The van der Waals surface area contributed by atoms with E-state index in [9.17, 15) is 4.79 Å². The third kappa shape index (κ3) is 3.70. The minimum Gasteiger partial charge on any atom is -0.345 e. The van der Waals surface area contributed by atoms with Crippen molar-refractivity contribution >= 4 is 5.91 Å². The van der Waals surface area contributed by atoms with Gasteiger partial charge in [-0.3, -0.25) is 4.79 Å². The van der Waals surface area contributed by atoms with Gasteiger partial charge in [-0.05, 0) is 44.7 Å². The number of hydrogen-bond donors (Lipinski definition) is 1. The van der Waals surface area contributed by atoms with Gasteiger partial charge >= 0.3 is 0 Å². The molecule has 17 heavy (non-hydrogen) atoms. The van der Waals surface area contributed by atoms with Gasteiger partial charge in [-0.1, -0.05) is 19.3 Å². The van der Waals surface area contributed by atoms with Gasteiger partial charge in [0.05, 0.1) is 0 Å². The predicted octanol–water partition coefficient (Wildman–Crippen LogP) is 2.02. The van der Waals surface area contributed by atoms with Crippen LogP contribution in [0.3, 0.4) is 0 Å². The molecule has 0 radical (unpaired) electrons. The first kappa shape index (κ1) is 12.9. The van der Waals surface area contributed by atoms with E-state index >= 15 is 0 Å². The molecule has 2 fully saturated rings. The average Bonchev–Trinajstić information content (AvgIpc) is 2.40. The maximum Gasteiger partial charge on any atom is 0.225 e. The largest absolute Gasteiger partial charge is 0.345 e. The molecular formula is C14H26N2O. The number of nitrogens with zero attached hydrogens (tertiary/aromatic N) is 1. The average molecular weight is 238 g/mol. The fourth-order valence-electron chi connectivity index (χ4n) is 3.23. The number of carbonyl (C=O) groups excluding carboxylic acids is 1. The van der Waals surface area contributed by atoms with Gasteiger partial charge in [0, 0.05) is 19.5 Å². The van der Waals surface area contributed by atoms with Gasteiger partial charge in [-0.15, -0.1) is 0 Å². The molecule has 0 aromatic heterocycles. The summed E-state index contributed by atoms with van der Waals surface area (Å²) in [6.45, 7) is 3.00. The lowest BCUT2D eigenvalue weighted by atomic mass is 9.88. The van der Waals surface area contributed by atoms with Crippen molar-refractivity contribution in [3.63, 3.8) is 0 Å². The quantitative estimate of drug-likeness (QED) is 0.816. The van der Waals surface area contributed by atoms with Crippen molar-refractivity contribution in [2.75, 3.05) is 26.7 Å². The van der Waals surface area contributed by atoms with Gasteiger partial charge in [0.25, 0.3) is 0 Å². The summed E-state index contributed by atoms with van der Waals surface area (Å²) in [7, 11) is 2.00. The van der Waals surface area contributed by atoms with Crippen LogP contribution < -0.4 is 5.32 Å². The fourth-order valence-corrected chi connectivity index (χ4v) is 3.23. The molecule has 2 aliphatic rings. The van der Waals surface area contributed by atoms with Crippen molar-refractivity contribution in [2.45, 2.75) is 44.9 Å². The molecule has 0 aromatic carbocycles. The Balaban J connectivity index is 1.77. The van der Waals surface area contributed by atoms with E-state index in [1.54, 1.807) is 0 Å². The minimum absolute atomic E-state index is 0.282. The van der Waals surface area contributed by atoms with Crippen molar-refractivity contribution in [3.05, 3.63) is 0 Å². The van der Waals surface area contributed by atoms with Crippen LogP contribution in [0.15, 0.2) is 0 Å². The second kappa shape index (κ2) is 6.39. The topological polar surface area (TPSA) is 32.3 Å². The smallest absolute Gasteiger partial charge is 0.225 e. The van der Waals surface area contributed by atoms with Crippen LogP contribution >= 0.6 is 0 Å². The number of piperidine rings is 1. The third-order valence-corrected chi connectivity index (χ3v) is 4.32. The molecule has 2 rings (SSSR count). The molecule has 98 valence electrons. The van der Waals surface area contributed by atoms with E-state index in [1.807, 2.05) is 11.9 Å². The second-order valence-corrected chi connectivity index (χ2v) is 5.75. The molecule has 1 saturated heterocycles. The molecule has 3 heteroatoms. The number of hydrogen-bond acceptors (Lipinski definition) is 2. The summed E-state index contributed by atoms with van der Waals surface area (Å²) in [5, 5.41) is 3.32. The van der Waals surface area contributed by atoms with E-state index in [0.717, 1.165) is 38.4 Å². The van der Waals surface area contributed by atoms with E-state index in [-0.39, 0.29) is 5.92 Å². The predicted molar refractivity (Wildman–Crippen MR) is 69.8 cm³/mol. The lowest BCUT2D eigenvalue weighted by Crippen LogP contribution is -2.41. The van der Waals surface area contributed by atoms with Crippen LogP contribution in [-0.4, -0.2) is 37.5 Å². The second-order valence-electron chi connectivity index (χ2n) is 5.75. The number of rotatable bonds is 3. The maximum absolute atomic E-state index is 12.3. The Bertz CT molecular complexity index is 243. The molecule has 1 aliphatic carbocycles. The fraction of sp³-hybridized carbons (Fsp3) is 0.929. The molecule has 1 heterocycles. The summed E-state index contributed by atoms with van der Waals surface area (Å²) >= 11 is 0. The van der Waals surface area contributed by atoms with Crippen LogP contribution in [0.2, 0.25) is 0 Å². The molecule has 0 spiro atoms. The van der Waals surface area contributed by atoms with Crippen LogP contribution in [-0.2, 0) is 4.79 Å². The van der Waals surface area contributed by atoms with Crippen molar-refractivity contribution in [3.8, 4) is 0 Å². The Morgan fingerprint density at radius 2 is 1.76 bits per heavy atom. The lowest BCUT2D eigenvalue weighted by molar-refractivity contribution is -0.135. The summed E-state index contributed by atoms with van der Waals surface area (Å²) in [6, 6.07) is 0. The summed E-state index contributed by atoms with van der Waals surface area (Å²) in [5.41, 5.74) is 0. The minimum atomic E-state index is 0.282. The SMILES string of the molecule is CN(CC1CCCCC1)C(=O)C1CCNCC1. The monoisotopic (exact) mass is 238 g/mol.